The van der Waals surface area contributed by atoms with Crippen LogP contribution in [0.3, 0.4) is 0 Å². The molecule has 2 rings (SSSR count). The lowest BCUT2D eigenvalue weighted by Crippen LogP contribution is -2.02. The second kappa shape index (κ2) is 5.66. The molecule has 19 heavy (non-hydrogen) atoms. The number of halogens is 1. The lowest BCUT2D eigenvalue weighted by molar-refractivity contribution is -0.384. The maximum Gasteiger partial charge on any atom is 0.269 e. The number of nitrogens with zero attached hydrogens (tertiary/aromatic N) is 2. The minimum absolute atomic E-state index is 0.0792. The molecule has 0 fully saturated rings. The van der Waals surface area contributed by atoms with Gasteiger partial charge in [0.15, 0.2) is 0 Å². The Balaban J connectivity index is 2.04. The van der Waals surface area contributed by atoms with E-state index in [2.05, 4.69) is 26.2 Å². The average Bonchev–Trinajstić information content (AvgIpc) is 2.38. The molecule has 0 saturated heterocycles. The van der Waals surface area contributed by atoms with Crippen LogP contribution in [0.4, 0.5) is 17.2 Å². The highest BCUT2D eigenvalue weighted by molar-refractivity contribution is 9.10. The Hall–Kier alpha value is -2.15. The topological polar surface area (TPSA) is 94.1 Å². The molecule has 3 N–H and O–H groups in total. The van der Waals surface area contributed by atoms with E-state index >= 15 is 0 Å². The van der Waals surface area contributed by atoms with Gasteiger partial charge < -0.3 is 11.1 Å². The van der Waals surface area contributed by atoms with E-state index < -0.39 is 4.92 Å². The van der Waals surface area contributed by atoms with Crippen LogP contribution in [0, 0.1) is 10.1 Å². The van der Waals surface area contributed by atoms with Crippen molar-refractivity contribution in [2.24, 2.45) is 0 Å². The minimum Gasteiger partial charge on any atom is -0.397 e. The summed E-state index contributed by atoms with van der Waals surface area (Å²) >= 11 is 3.36. The molecule has 1 aromatic heterocycles. The second-order valence-electron chi connectivity index (χ2n) is 3.88. The molecular formula is C12H11BrN4O2. The first kappa shape index (κ1) is 13.3. The van der Waals surface area contributed by atoms with E-state index in [9.17, 15) is 10.1 Å². The molecule has 0 radical (unpaired) electrons. The Labute approximate surface area is 117 Å². The number of hydrogen-bond acceptors (Lipinski definition) is 5. The smallest absolute Gasteiger partial charge is 0.269 e. The first-order valence-electron chi connectivity index (χ1n) is 5.44. The second-order valence-corrected chi connectivity index (χ2v) is 4.73. The third-order valence-electron chi connectivity index (χ3n) is 2.47. The van der Waals surface area contributed by atoms with Crippen LogP contribution >= 0.6 is 15.9 Å². The number of benzene rings is 1. The number of anilines is 2. The van der Waals surface area contributed by atoms with Gasteiger partial charge in [-0.1, -0.05) is 12.1 Å². The summed E-state index contributed by atoms with van der Waals surface area (Å²) in [5.41, 5.74) is 7.18. The van der Waals surface area contributed by atoms with E-state index in [-0.39, 0.29) is 5.69 Å². The number of non-ortho nitro benzene ring substituents is 1. The Morgan fingerprint density at radius 1 is 1.37 bits per heavy atom. The highest BCUT2D eigenvalue weighted by Gasteiger charge is 2.05. The average molecular weight is 323 g/mol. The van der Waals surface area contributed by atoms with Gasteiger partial charge in [0, 0.05) is 18.7 Å². The van der Waals surface area contributed by atoms with Gasteiger partial charge in [-0.2, -0.15) is 0 Å². The van der Waals surface area contributed by atoms with Gasteiger partial charge in [-0.25, -0.2) is 4.98 Å². The molecule has 0 aliphatic carbocycles. The van der Waals surface area contributed by atoms with Crippen LogP contribution in [0.2, 0.25) is 0 Å². The monoisotopic (exact) mass is 322 g/mol. The fraction of sp³-hybridized carbons (Fsp3) is 0.0833. The number of nitro groups is 1. The summed E-state index contributed by atoms with van der Waals surface area (Å²) in [4.78, 5) is 14.3. The van der Waals surface area contributed by atoms with Crippen molar-refractivity contribution >= 4 is 33.1 Å². The third kappa shape index (κ3) is 3.41. The normalized spacial score (nSPS) is 10.2. The molecule has 0 unspecified atom stereocenters. The number of hydrogen-bond donors (Lipinski definition) is 2. The van der Waals surface area contributed by atoms with Gasteiger partial charge in [-0.05, 0) is 27.6 Å². The zero-order valence-electron chi connectivity index (χ0n) is 9.84. The third-order valence-corrected chi connectivity index (χ3v) is 3.07. The van der Waals surface area contributed by atoms with Crippen molar-refractivity contribution in [1.82, 2.24) is 4.98 Å². The molecule has 2 aromatic rings. The standard InChI is InChI=1S/C12H11BrN4O2/c13-11-5-9(14)7-16-12(11)15-6-8-1-3-10(4-2-8)17(18)19/h1-5,7H,6,14H2,(H,15,16). The van der Waals surface area contributed by atoms with E-state index in [1.165, 1.54) is 12.1 Å². The minimum atomic E-state index is -0.421. The van der Waals surface area contributed by atoms with Gasteiger partial charge >= 0.3 is 0 Å². The molecule has 1 heterocycles. The summed E-state index contributed by atoms with van der Waals surface area (Å²) in [6.45, 7) is 0.521. The molecule has 0 spiro atoms. The maximum atomic E-state index is 10.5. The summed E-state index contributed by atoms with van der Waals surface area (Å²) in [6.07, 6.45) is 1.56. The Morgan fingerprint density at radius 2 is 2.05 bits per heavy atom. The van der Waals surface area contributed by atoms with Crippen LogP contribution < -0.4 is 11.1 Å². The van der Waals surface area contributed by atoms with Gasteiger partial charge in [-0.3, -0.25) is 10.1 Å². The molecule has 0 aliphatic heterocycles. The van der Waals surface area contributed by atoms with Crippen LogP contribution in [0.5, 0.6) is 0 Å². The number of rotatable bonds is 4. The summed E-state index contributed by atoms with van der Waals surface area (Å²) in [6, 6.07) is 8.11. The fourth-order valence-electron chi connectivity index (χ4n) is 1.50. The first-order chi connectivity index (χ1) is 9.06. The molecule has 0 saturated carbocycles. The largest absolute Gasteiger partial charge is 0.397 e. The quantitative estimate of drug-likeness (QED) is 0.666. The summed E-state index contributed by atoms with van der Waals surface area (Å²) in [5.74, 6) is 0.674. The molecular weight excluding hydrogens is 312 g/mol. The van der Waals surface area contributed by atoms with Crippen LogP contribution in [0.25, 0.3) is 0 Å². The van der Waals surface area contributed by atoms with Gasteiger partial charge in [-0.15, -0.1) is 0 Å². The van der Waals surface area contributed by atoms with Crippen molar-refractivity contribution in [1.29, 1.82) is 0 Å². The Morgan fingerprint density at radius 3 is 2.63 bits per heavy atom. The zero-order valence-corrected chi connectivity index (χ0v) is 11.4. The molecule has 0 atom stereocenters. The van der Waals surface area contributed by atoms with Crippen molar-refractivity contribution in [3.05, 3.63) is 56.7 Å². The predicted octanol–water partition coefficient (Wildman–Crippen LogP) is 2.95. The summed E-state index contributed by atoms with van der Waals surface area (Å²) in [5, 5.41) is 13.7. The first-order valence-corrected chi connectivity index (χ1v) is 6.24. The van der Waals surface area contributed by atoms with E-state index in [0.717, 1.165) is 10.0 Å². The zero-order chi connectivity index (χ0) is 13.8. The molecule has 0 aliphatic rings. The van der Waals surface area contributed by atoms with E-state index in [1.807, 2.05) is 0 Å². The highest BCUT2D eigenvalue weighted by Crippen LogP contribution is 2.22. The Kier molecular flexibility index (Phi) is 3.96. The number of aromatic nitrogens is 1. The van der Waals surface area contributed by atoms with E-state index in [0.29, 0.717) is 18.1 Å². The Bertz CT molecular complexity index is 601. The van der Waals surface area contributed by atoms with Crippen LogP contribution in [-0.2, 0) is 6.54 Å². The number of pyridine rings is 1. The fourth-order valence-corrected chi connectivity index (χ4v) is 2.01. The van der Waals surface area contributed by atoms with Crippen molar-refractivity contribution in [3.8, 4) is 0 Å². The predicted molar refractivity (Wildman–Crippen MR) is 76.8 cm³/mol. The molecule has 6 nitrogen and oxygen atoms in total. The number of nitro benzene ring substituents is 1. The summed E-state index contributed by atoms with van der Waals surface area (Å²) in [7, 11) is 0. The molecule has 98 valence electrons. The van der Waals surface area contributed by atoms with E-state index in [1.54, 1.807) is 24.4 Å². The van der Waals surface area contributed by atoms with Crippen molar-refractivity contribution < 1.29 is 4.92 Å². The van der Waals surface area contributed by atoms with Crippen molar-refractivity contribution in [2.75, 3.05) is 11.1 Å². The lowest BCUT2D eigenvalue weighted by Gasteiger charge is -2.08. The van der Waals surface area contributed by atoms with Gasteiger partial charge in [0.2, 0.25) is 0 Å². The highest BCUT2D eigenvalue weighted by atomic mass is 79.9. The van der Waals surface area contributed by atoms with Crippen LogP contribution in [-0.4, -0.2) is 9.91 Å². The molecule has 1 aromatic carbocycles. The lowest BCUT2D eigenvalue weighted by atomic mass is 10.2. The maximum absolute atomic E-state index is 10.5. The van der Waals surface area contributed by atoms with Crippen LogP contribution in [0.15, 0.2) is 41.0 Å². The molecule has 7 heteroatoms. The van der Waals surface area contributed by atoms with Crippen molar-refractivity contribution in [2.45, 2.75) is 6.54 Å². The van der Waals surface area contributed by atoms with Crippen molar-refractivity contribution in [3.63, 3.8) is 0 Å². The van der Waals surface area contributed by atoms with Gasteiger partial charge in [0.25, 0.3) is 5.69 Å². The molecule has 0 amide bonds. The van der Waals surface area contributed by atoms with Crippen LogP contribution in [0.1, 0.15) is 5.56 Å². The molecule has 0 bridgehead atoms. The number of nitrogen functional groups attached to an aromatic ring is 1. The van der Waals surface area contributed by atoms with E-state index in [4.69, 9.17) is 5.73 Å². The number of nitrogens with one attached hydrogen (secondary N) is 1. The SMILES string of the molecule is Nc1cnc(NCc2ccc([N+](=O)[O-])cc2)c(Br)c1. The number of nitrogens with two attached hydrogens (primary N) is 1. The van der Waals surface area contributed by atoms with Gasteiger partial charge in [0.1, 0.15) is 5.82 Å². The van der Waals surface area contributed by atoms with Gasteiger partial charge in [0.05, 0.1) is 21.3 Å². The summed E-state index contributed by atoms with van der Waals surface area (Å²) < 4.78 is 0.773.